The maximum absolute atomic E-state index is 11.0. The van der Waals surface area contributed by atoms with E-state index in [0.717, 1.165) is 25.7 Å². The Hall–Kier alpha value is -0.480. The summed E-state index contributed by atoms with van der Waals surface area (Å²) in [6, 6.07) is 0. The highest BCUT2D eigenvalue weighted by atomic mass is 16.7. The van der Waals surface area contributed by atoms with Crippen LogP contribution in [0.5, 0.6) is 0 Å². The van der Waals surface area contributed by atoms with Crippen LogP contribution in [0, 0.1) is 5.92 Å². The molecule has 1 spiro atoms. The van der Waals surface area contributed by atoms with Crippen molar-refractivity contribution < 1.29 is 58.7 Å². The monoisotopic (exact) mass is 534 g/mol. The SMILES string of the molecule is CC1CCCC(OC2OC(CO)C(O)C3OC4(CCCOC23)COC4)C1OC1OC(C)C(O)C(O)C1O. The number of hydrogen-bond acceptors (Lipinski definition) is 12. The van der Waals surface area contributed by atoms with E-state index in [1.165, 1.54) is 0 Å². The largest absolute Gasteiger partial charge is 0.394 e. The lowest BCUT2D eigenvalue weighted by atomic mass is 9.85. The average molecular weight is 535 g/mol. The van der Waals surface area contributed by atoms with Gasteiger partial charge in [0, 0.05) is 6.61 Å². The van der Waals surface area contributed by atoms with Crippen molar-refractivity contribution >= 4 is 0 Å². The molecule has 0 bridgehead atoms. The Morgan fingerprint density at radius 1 is 0.838 bits per heavy atom. The predicted molar refractivity (Wildman–Crippen MR) is 124 cm³/mol. The minimum atomic E-state index is -1.42. The van der Waals surface area contributed by atoms with Crippen LogP contribution in [-0.2, 0) is 33.2 Å². The van der Waals surface area contributed by atoms with Gasteiger partial charge in [0.05, 0.1) is 38.1 Å². The van der Waals surface area contributed by atoms with Gasteiger partial charge in [0.2, 0.25) is 0 Å². The molecule has 13 unspecified atom stereocenters. The second-order valence-electron chi connectivity index (χ2n) is 11.3. The van der Waals surface area contributed by atoms with E-state index in [0.29, 0.717) is 26.2 Å². The van der Waals surface area contributed by atoms with Crippen LogP contribution in [0.25, 0.3) is 0 Å². The fraction of sp³-hybridized carbons (Fsp3) is 1.00. The third kappa shape index (κ3) is 5.59. The first-order valence-corrected chi connectivity index (χ1v) is 13.5. The van der Waals surface area contributed by atoms with Crippen LogP contribution in [0.2, 0.25) is 0 Å². The number of ether oxygens (including phenoxy) is 7. The van der Waals surface area contributed by atoms with Crippen LogP contribution < -0.4 is 0 Å². The van der Waals surface area contributed by atoms with Gasteiger partial charge >= 0.3 is 0 Å². The molecule has 1 aliphatic carbocycles. The van der Waals surface area contributed by atoms with Crippen LogP contribution >= 0.6 is 0 Å². The summed E-state index contributed by atoms with van der Waals surface area (Å²) in [5.41, 5.74) is -0.489. The van der Waals surface area contributed by atoms with Crippen molar-refractivity contribution in [3.05, 3.63) is 0 Å². The molecule has 0 aromatic heterocycles. The topological polar surface area (TPSA) is 166 Å². The van der Waals surface area contributed by atoms with E-state index < -0.39 is 85.8 Å². The van der Waals surface area contributed by atoms with Gasteiger partial charge in [0.25, 0.3) is 0 Å². The number of hydrogen-bond donors (Lipinski definition) is 5. The molecule has 5 rings (SSSR count). The Kier molecular flexibility index (Phi) is 8.77. The van der Waals surface area contributed by atoms with Crippen LogP contribution in [0.1, 0.15) is 46.0 Å². The molecule has 4 saturated heterocycles. The maximum atomic E-state index is 11.0. The summed E-state index contributed by atoms with van der Waals surface area (Å²) in [7, 11) is 0. The first-order chi connectivity index (χ1) is 17.7. The molecule has 5 N–H and O–H groups in total. The quantitative estimate of drug-likeness (QED) is 0.287. The number of rotatable bonds is 5. The Morgan fingerprint density at radius 2 is 1.62 bits per heavy atom. The number of aliphatic hydroxyl groups excluding tert-OH is 5. The lowest BCUT2D eigenvalue weighted by Crippen LogP contribution is -2.67. The van der Waals surface area contributed by atoms with Crippen molar-refractivity contribution in [3.63, 3.8) is 0 Å². The third-order valence-corrected chi connectivity index (χ3v) is 8.49. The van der Waals surface area contributed by atoms with Gasteiger partial charge in [0.15, 0.2) is 12.6 Å². The van der Waals surface area contributed by atoms with Gasteiger partial charge in [-0.3, -0.25) is 0 Å². The smallest absolute Gasteiger partial charge is 0.187 e. The summed E-state index contributed by atoms with van der Waals surface area (Å²) in [4.78, 5) is 0. The van der Waals surface area contributed by atoms with Gasteiger partial charge in [0.1, 0.15) is 48.3 Å². The molecule has 37 heavy (non-hydrogen) atoms. The Morgan fingerprint density at radius 3 is 2.32 bits per heavy atom. The zero-order valence-corrected chi connectivity index (χ0v) is 21.5. The van der Waals surface area contributed by atoms with Crippen molar-refractivity contribution in [1.29, 1.82) is 0 Å². The molecule has 0 aromatic rings. The lowest BCUT2D eigenvalue weighted by Gasteiger charge is -2.52. The van der Waals surface area contributed by atoms with Crippen molar-refractivity contribution in [1.82, 2.24) is 0 Å². The standard InChI is InChI=1S/C25H42O12/c1-12-5-3-6-14(20(12)36-23-19(30)18(29)16(27)13(2)33-23)34-24-22-21(17(28)15(9-26)35-24)37-25(10-31-11-25)7-4-8-32-22/h12-24,26-30H,3-11H2,1-2H3. The Balaban J connectivity index is 1.33. The molecule has 13 atom stereocenters. The number of fused-ring (bicyclic) bond motifs is 1. The molecule has 0 radical (unpaired) electrons. The third-order valence-electron chi connectivity index (χ3n) is 8.49. The summed E-state index contributed by atoms with van der Waals surface area (Å²) < 4.78 is 42.3. The van der Waals surface area contributed by atoms with Crippen molar-refractivity contribution in [2.75, 3.05) is 26.4 Å². The molecule has 5 fully saturated rings. The summed E-state index contributed by atoms with van der Waals surface area (Å²) in [6.45, 7) is 4.53. The molecule has 5 aliphatic rings. The molecule has 1 saturated carbocycles. The molecule has 4 heterocycles. The molecule has 4 aliphatic heterocycles. The molecule has 214 valence electrons. The number of aliphatic hydroxyl groups is 5. The molecular weight excluding hydrogens is 492 g/mol. The summed E-state index contributed by atoms with van der Waals surface area (Å²) >= 11 is 0. The van der Waals surface area contributed by atoms with E-state index in [4.69, 9.17) is 33.2 Å². The highest BCUT2D eigenvalue weighted by Gasteiger charge is 2.54. The van der Waals surface area contributed by atoms with E-state index in [-0.39, 0.29) is 5.92 Å². The van der Waals surface area contributed by atoms with Gasteiger partial charge in [-0.05, 0) is 38.5 Å². The molecule has 12 heteroatoms. The second-order valence-corrected chi connectivity index (χ2v) is 11.3. The average Bonchev–Trinajstić information content (AvgIpc) is 2.84. The Bertz CT molecular complexity index is 751. The first kappa shape index (κ1) is 28.1. The van der Waals surface area contributed by atoms with E-state index >= 15 is 0 Å². The van der Waals surface area contributed by atoms with Crippen molar-refractivity contribution in [2.24, 2.45) is 5.92 Å². The van der Waals surface area contributed by atoms with Gasteiger partial charge in [-0.25, -0.2) is 0 Å². The minimum absolute atomic E-state index is 0.0392. The highest BCUT2D eigenvalue weighted by Crippen LogP contribution is 2.39. The van der Waals surface area contributed by atoms with Crippen LogP contribution in [0.15, 0.2) is 0 Å². The van der Waals surface area contributed by atoms with E-state index in [1.807, 2.05) is 6.92 Å². The fourth-order valence-corrected chi connectivity index (χ4v) is 6.12. The summed E-state index contributed by atoms with van der Waals surface area (Å²) in [5.74, 6) is 0.0392. The lowest BCUT2D eigenvalue weighted by molar-refractivity contribution is -0.370. The van der Waals surface area contributed by atoms with Gasteiger partial charge in [-0.2, -0.15) is 0 Å². The predicted octanol–water partition coefficient (Wildman–Crippen LogP) is -1.18. The maximum Gasteiger partial charge on any atom is 0.187 e. The van der Waals surface area contributed by atoms with Crippen molar-refractivity contribution in [2.45, 2.75) is 125 Å². The van der Waals surface area contributed by atoms with E-state index in [9.17, 15) is 25.5 Å². The van der Waals surface area contributed by atoms with Gasteiger partial charge < -0.3 is 58.7 Å². The molecular formula is C25H42O12. The molecule has 12 nitrogen and oxygen atoms in total. The van der Waals surface area contributed by atoms with E-state index in [2.05, 4.69) is 0 Å². The van der Waals surface area contributed by atoms with Crippen LogP contribution in [0.3, 0.4) is 0 Å². The normalized spacial score (nSPS) is 50.5. The van der Waals surface area contributed by atoms with Gasteiger partial charge in [-0.15, -0.1) is 0 Å². The van der Waals surface area contributed by atoms with E-state index in [1.54, 1.807) is 6.92 Å². The first-order valence-electron chi connectivity index (χ1n) is 13.5. The van der Waals surface area contributed by atoms with Gasteiger partial charge in [-0.1, -0.05) is 13.3 Å². The van der Waals surface area contributed by atoms with Crippen LogP contribution in [0.4, 0.5) is 0 Å². The molecule has 0 amide bonds. The fourth-order valence-electron chi connectivity index (χ4n) is 6.12. The zero-order chi connectivity index (χ0) is 26.3. The summed E-state index contributed by atoms with van der Waals surface area (Å²) in [5, 5.41) is 51.7. The highest BCUT2D eigenvalue weighted by molar-refractivity contribution is 4.99. The second kappa shape index (κ2) is 11.6. The van der Waals surface area contributed by atoms with Crippen molar-refractivity contribution in [3.8, 4) is 0 Å². The minimum Gasteiger partial charge on any atom is -0.394 e. The van der Waals surface area contributed by atoms with Crippen LogP contribution in [-0.4, -0.2) is 131 Å². The summed E-state index contributed by atoms with van der Waals surface area (Å²) in [6.07, 6.45) is -7.48. The zero-order valence-electron chi connectivity index (χ0n) is 21.5. The molecule has 0 aromatic carbocycles. The Labute approximate surface area is 216 Å².